The predicted molar refractivity (Wildman–Crippen MR) is 67.0 cm³/mol. The largest absolute Gasteiger partial charge is 0.494 e. The molecule has 0 aliphatic rings. The summed E-state index contributed by atoms with van der Waals surface area (Å²) in [5, 5.41) is 8.83. The zero-order chi connectivity index (χ0) is 13.7. The number of hydrogen-bond acceptors (Lipinski definition) is 3. The molecular formula is C10H13N5O3. The Kier molecular flexibility index (Phi) is 4.08. The molecule has 8 nitrogen and oxygen atoms in total. The number of ether oxygens (including phenoxy) is 1. The molecule has 0 saturated heterocycles. The number of guanidine groups is 2. The Balaban J connectivity index is 3.18. The number of hydrogen-bond donors (Lipinski definition) is 4. The van der Waals surface area contributed by atoms with Crippen LogP contribution in [0.3, 0.4) is 0 Å². The van der Waals surface area contributed by atoms with E-state index in [4.69, 9.17) is 27.0 Å². The Labute approximate surface area is 103 Å². The summed E-state index contributed by atoms with van der Waals surface area (Å²) in [7, 11) is 1.39. The highest BCUT2D eigenvalue weighted by atomic mass is 16.5. The van der Waals surface area contributed by atoms with E-state index < -0.39 is 5.97 Å². The van der Waals surface area contributed by atoms with Gasteiger partial charge in [-0.25, -0.2) is 9.79 Å². The molecule has 0 saturated carbocycles. The van der Waals surface area contributed by atoms with Gasteiger partial charge in [-0.2, -0.15) is 4.99 Å². The number of carbonyl (C=O) groups is 1. The highest BCUT2D eigenvalue weighted by Gasteiger charge is 2.08. The summed E-state index contributed by atoms with van der Waals surface area (Å²) in [6, 6.07) is 4.13. The third-order valence-electron chi connectivity index (χ3n) is 1.91. The molecule has 0 bridgehead atoms. The summed E-state index contributed by atoms with van der Waals surface area (Å²) < 4.78 is 5.01. The van der Waals surface area contributed by atoms with Crippen LogP contribution < -0.4 is 21.9 Å². The first kappa shape index (κ1) is 13.3. The number of nitrogens with two attached hydrogens (primary N) is 3. The van der Waals surface area contributed by atoms with Crippen LogP contribution in [-0.2, 0) is 0 Å². The van der Waals surface area contributed by atoms with Crippen molar-refractivity contribution in [1.82, 2.24) is 0 Å². The van der Waals surface area contributed by atoms with Crippen LogP contribution in [0.2, 0.25) is 0 Å². The third kappa shape index (κ3) is 3.37. The lowest BCUT2D eigenvalue weighted by Gasteiger charge is -2.05. The molecule has 0 aromatic heterocycles. The van der Waals surface area contributed by atoms with Gasteiger partial charge in [-0.05, 0) is 18.2 Å². The Morgan fingerprint density at radius 2 is 2.00 bits per heavy atom. The minimum absolute atomic E-state index is 0.0752. The smallest absolute Gasteiger partial charge is 0.335 e. The summed E-state index contributed by atoms with van der Waals surface area (Å²) in [4.78, 5) is 18.2. The Hall–Kier alpha value is -2.77. The molecule has 0 amide bonds. The van der Waals surface area contributed by atoms with E-state index in [1.807, 2.05) is 0 Å². The molecule has 0 aliphatic heterocycles. The van der Waals surface area contributed by atoms with E-state index in [9.17, 15) is 4.79 Å². The minimum atomic E-state index is -1.07. The average Bonchev–Trinajstić information content (AvgIpc) is 2.27. The van der Waals surface area contributed by atoms with Gasteiger partial charge in [-0.15, -0.1) is 0 Å². The van der Waals surface area contributed by atoms with Crippen molar-refractivity contribution in [3.8, 4) is 5.75 Å². The van der Waals surface area contributed by atoms with Crippen molar-refractivity contribution in [2.75, 3.05) is 7.11 Å². The summed E-state index contributed by atoms with van der Waals surface area (Å²) in [6.07, 6.45) is 0. The minimum Gasteiger partial charge on any atom is -0.494 e. The lowest BCUT2D eigenvalue weighted by molar-refractivity contribution is 0.0696. The van der Waals surface area contributed by atoms with Gasteiger partial charge in [0.2, 0.25) is 5.96 Å². The maximum absolute atomic E-state index is 10.8. The highest BCUT2D eigenvalue weighted by Crippen LogP contribution is 2.28. The Morgan fingerprint density at radius 1 is 1.33 bits per heavy atom. The summed E-state index contributed by atoms with van der Waals surface area (Å²) in [5.74, 6) is -1.20. The molecular weight excluding hydrogens is 238 g/mol. The molecule has 0 atom stereocenters. The van der Waals surface area contributed by atoms with E-state index in [1.54, 1.807) is 0 Å². The number of carboxylic acid groups (broad SMARTS) is 1. The molecule has 0 unspecified atom stereocenters. The lowest BCUT2D eigenvalue weighted by Crippen LogP contribution is -2.26. The molecule has 1 rings (SSSR count). The highest BCUT2D eigenvalue weighted by molar-refractivity contribution is 5.94. The maximum Gasteiger partial charge on any atom is 0.335 e. The van der Waals surface area contributed by atoms with Crippen LogP contribution in [0.15, 0.2) is 28.2 Å². The lowest BCUT2D eigenvalue weighted by atomic mass is 10.2. The molecule has 0 radical (unpaired) electrons. The second-order valence-electron chi connectivity index (χ2n) is 3.20. The number of methoxy groups -OCH3 is 1. The molecule has 8 heteroatoms. The van der Waals surface area contributed by atoms with Crippen molar-refractivity contribution in [2.45, 2.75) is 0 Å². The van der Waals surface area contributed by atoms with E-state index in [0.29, 0.717) is 5.69 Å². The van der Waals surface area contributed by atoms with Crippen molar-refractivity contribution in [1.29, 1.82) is 0 Å². The van der Waals surface area contributed by atoms with Gasteiger partial charge < -0.3 is 27.0 Å². The number of rotatable bonds is 3. The predicted octanol–water partition coefficient (Wildman–Crippen LogP) is -0.387. The quantitative estimate of drug-likeness (QED) is 0.424. The maximum atomic E-state index is 10.8. The van der Waals surface area contributed by atoms with Crippen LogP contribution in [0.4, 0.5) is 5.69 Å². The SMILES string of the molecule is COc1cc(C(=O)O)ccc1N=C(N)N=C(N)N. The van der Waals surface area contributed by atoms with Gasteiger partial charge in [0.25, 0.3) is 0 Å². The third-order valence-corrected chi connectivity index (χ3v) is 1.91. The number of carboxylic acids is 1. The molecule has 1 aromatic carbocycles. The van der Waals surface area contributed by atoms with E-state index >= 15 is 0 Å². The van der Waals surface area contributed by atoms with E-state index in [-0.39, 0.29) is 23.2 Å². The van der Waals surface area contributed by atoms with Gasteiger partial charge in [0.15, 0.2) is 5.96 Å². The Morgan fingerprint density at radius 3 is 2.50 bits per heavy atom. The number of aromatic carboxylic acids is 1. The van der Waals surface area contributed by atoms with Crippen molar-refractivity contribution >= 4 is 23.6 Å². The van der Waals surface area contributed by atoms with Crippen LogP contribution in [0.25, 0.3) is 0 Å². The standard InChI is InChI=1S/C10H13N5O3/c1-18-7-4-5(8(16)17)2-3-6(7)14-10(13)15-9(11)12/h2-4H,1H3,(H,16,17)(H6,11,12,13,14,15). The number of nitrogens with zero attached hydrogens (tertiary/aromatic N) is 2. The number of aliphatic imine (C=N–C) groups is 2. The fourth-order valence-corrected chi connectivity index (χ4v) is 1.18. The topological polar surface area (TPSA) is 149 Å². The van der Waals surface area contributed by atoms with Gasteiger partial charge in [0.1, 0.15) is 11.4 Å². The molecule has 96 valence electrons. The van der Waals surface area contributed by atoms with Crippen molar-refractivity contribution in [3.63, 3.8) is 0 Å². The first-order valence-electron chi connectivity index (χ1n) is 4.79. The second kappa shape index (κ2) is 5.53. The fourth-order valence-electron chi connectivity index (χ4n) is 1.18. The second-order valence-corrected chi connectivity index (χ2v) is 3.20. The van der Waals surface area contributed by atoms with E-state index in [2.05, 4.69) is 9.98 Å². The van der Waals surface area contributed by atoms with Crippen LogP contribution >= 0.6 is 0 Å². The van der Waals surface area contributed by atoms with Crippen LogP contribution in [0.1, 0.15) is 10.4 Å². The molecule has 0 fully saturated rings. The molecule has 0 heterocycles. The first-order chi connectivity index (χ1) is 8.43. The molecule has 7 N–H and O–H groups in total. The number of benzene rings is 1. The van der Waals surface area contributed by atoms with Crippen LogP contribution in [0.5, 0.6) is 5.75 Å². The fraction of sp³-hybridized carbons (Fsp3) is 0.100. The monoisotopic (exact) mass is 251 g/mol. The molecule has 0 spiro atoms. The molecule has 18 heavy (non-hydrogen) atoms. The summed E-state index contributed by atoms with van der Waals surface area (Å²) in [5.41, 5.74) is 16.1. The first-order valence-corrected chi connectivity index (χ1v) is 4.79. The van der Waals surface area contributed by atoms with Gasteiger partial charge in [0, 0.05) is 0 Å². The van der Waals surface area contributed by atoms with E-state index in [1.165, 1.54) is 25.3 Å². The zero-order valence-corrected chi connectivity index (χ0v) is 9.62. The van der Waals surface area contributed by atoms with Gasteiger partial charge in [-0.3, -0.25) is 0 Å². The molecule has 0 aliphatic carbocycles. The molecule has 1 aromatic rings. The van der Waals surface area contributed by atoms with Crippen LogP contribution in [-0.4, -0.2) is 30.1 Å². The van der Waals surface area contributed by atoms with Gasteiger partial charge >= 0.3 is 5.97 Å². The van der Waals surface area contributed by atoms with Crippen LogP contribution in [0, 0.1) is 0 Å². The van der Waals surface area contributed by atoms with Crippen molar-refractivity contribution in [2.24, 2.45) is 27.2 Å². The van der Waals surface area contributed by atoms with Crippen molar-refractivity contribution in [3.05, 3.63) is 23.8 Å². The van der Waals surface area contributed by atoms with Gasteiger partial charge in [-0.1, -0.05) is 0 Å². The van der Waals surface area contributed by atoms with Crippen molar-refractivity contribution < 1.29 is 14.6 Å². The summed E-state index contributed by atoms with van der Waals surface area (Å²) in [6.45, 7) is 0. The Bertz CT molecular complexity index is 520. The van der Waals surface area contributed by atoms with Gasteiger partial charge in [0.05, 0.1) is 12.7 Å². The average molecular weight is 251 g/mol. The summed E-state index contributed by atoms with van der Waals surface area (Å²) >= 11 is 0. The normalized spacial score (nSPS) is 10.8. The zero-order valence-electron chi connectivity index (χ0n) is 9.62. The van der Waals surface area contributed by atoms with E-state index in [0.717, 1.165) is 0 Å².